The van der Waals surface area contributed by atoms with Crippen LogP contribution in [0.1, 0.15) is 16.8 Å². The number of hydrogen-bond donors (Lipinski definition) is 4. The van der Waals surface area contributed by atoms with Crippen LogP contribution in [0, 0.1) is 0 Å². The van der Waals surface area contributed by atoms with Crippen molar-refractivity contribution in [3.05, 3.63) is 54.2 Å². The van der Waals surface area contributed by atoms with Crippen LogP contribution in [0.2, 0.25) is 0 Å². The summed E-state index contributed by atoms with van der Waals surface area (Å²) >= 11 is 0. The maximum Gasteiger partial charge on any atom is 0.251 e. The Morgan fingerprint density at radius 1 is 1.18 bits per heavy atom. The first-order valence-electron chi connectivity index (χ1n) is 11.2. The molecule has 5 rings (SSSR count). The average molecular weight is 446 g/mol. The molecule has 0 spiro atoms. The molecule has 9 nitrogen and oxygen atoms in total. The zero-order valence-electron chi connectivity index (χ0n) is 18.3. The van der Waals surface area contributed by atoms with Crippen LogP contribution in [-0.2, 0) is 4.74 Å². The van der Waals surface area contributed by atoms with Gasteiger partial charge in [0.1, 0.15) is 5.69 Å². The van der Waals surface area contributed by atoms with Crippen molar-refractivity contribution in [3.63, 3.8) is 0 Å². The second-order valence-corrected chi connectivity index (χ2v) is 8.03. The van der Waals surface area contributed by atoms with Crippen molar-refractivity contribution < 1.29 is 9.53 Å². The summed E-state index contributed by atoms with van der Waals surface area (Å²) in [5.74, 6) is 0.520. The van der Waals surface area contributed by atoms with Crippen molar-refractivity contribution in [3.8, 4) is 22.8 Å². The number of nitrogens with two attached hydrogens (primary N) is 1. The van der Waals surface area contributed by atoms with E-state index in [0.717, 1.165) is 54.9 Å². The molecule has 2 aromatic carbocycles. The van der Waals surface area contributed by atoms with Gasteiger partial charge in [-0.3, -0.25) is 9.89 Å². The van der Waals surface area contributed by atoms with Crippen LogP contribution in [0.4, 0.5) is 5.69 Å². The molecular formula is C24H27N7O2. The first kappa shape index (κ1) is 21.2. The largest absolute Gasteiger partial charge is 0.378 e. The number of H-pyrrole nitrogens is 2. The summed E-state index contributed by atoms with van der Waals surface area (Å²) in [6, 6.07) is 13.9. The normalized spacial score (nSPS) is 14.0. The molecule has 0 atom stereocenters. The quantitative estimate of drug-likeness (QED) is 0.324. The van der Waals surface area contributed by atoms with E-state index in [0.29, 0.717) is 30.2 Å². The number of carbonyl (C=O) groups is 1. The van der Waals surface area contributed by atoms with Gasteiger partial charge < -0.3 is 25.7 Å². The molecule has 2 aromatic heterocycles. The molecule has 9 heteroatoms. The number of benzene rings is 2. The standard InChI is InChI=1S/C24H27N7O2/c25-7-2-8-26-24(32)17-5-6-20-19(14-17)22(30-29-20)23-27-15-21(28-23)16-3-1-4-18(13-16)31-9-11-33-12-10-31/h1,3-6,13-15H,2,7-12,25H2,(H,26,32)(H,27,28)(H,29,30). The molecule has 1 saturated heterocycles. The van der Waals surface area contributed by atoms with E-state index in [1.54, 1.807) is 6.07 Å². The van der Waals surface area contributed by atoms with Crippen LogP contribution in [0.15, 0.2) is 48.7 Å². The number of nitrogens with one attached hydrogen (secondary N) is 3. The Hall–Kier alpha value is -3.69. The number of amides is 1. The Kier molecular flexibility index (Phi) is 6.05. The molecule has 0 aliphatic carbocycles. The van der Waals surface area contributed by atoms with Crippen LogP contribution in [-0.4, -0.2) is 65.5 Å². The second kappa shape index (κ2) is 9.43. The zero-order chi connectivity index (χ0) is 22.6. The highest BCUT2D eigenvalue weighted by atomic mass is 16.5. The van der Waals surface area contributed by atoms with E-state index in [4.69, 9.17) is 10.5 Å². The lowest BCUT2D eigenvalue weighted by molar-refractivity contribution is 0.0953. The Morgan fingerprint density at radius 3 is 2.91 bits per heavy atom. The van der Waals surface area contributed by atoms with Crippen LogP contribution in [0.5, 0.6) is 0 Å². The summed E-state index contributed by atoms with van der Waals surface area (Å²) in [4.78, 5) is 22.8. The summed E-state index contributed by atoms with van der Waals surface area (Å²) in [5, 5.41) is 11.2. The van der Waals surface area contributed by atoms with Gasteiger partial charge in [-0.15, -0.1) is 0 Å². The van der Waals surface area contributed by atoms with Gasteiger partial charge in [0.05, 0.1) is 30.6 Å². The number of aromatic amines is 2. The predicted molar refractivity (Wildman–Crippen MR) is 128 cm³/mol. The highest BCUT2D eigenvalue weighted by Crippen LogP contribution is 2.29. The fraction of sp³-hybridized carbons (Fsp3) is 0.292. The van der Waals surface area contributed by atoms with Gasteiger partial charge >= 0.3 is 0 Å². The Bertz CT molecular complexity index is 1260. The smallest absolute Gasteiger partial charge is 0.251 e. The molecule has 1 aliphatic heterocycles. The highest BCUT2D eigenvalue weighted by molar-refractivity contribution is 6.01. The molecule has 0 radical (unpaired) electrons. The number of morpholine rings is 1. The fourth-order valence-electron chi connectivity index (χ4n) is 4.02. The number of hydrogen-bond acceptors (Lipinski definition) is 6. The van der Waals surface area contributed by atoms with Gasteiger partial charge in [0.2, 0.25) is 0 Å². The first-order valence-corrected chi connectivity index (χ1v) is 11.2. The van der Waals surface area contributed by atoms with Gasteiger partial charge in [0, 0.05) is 41.8 Å². The SMILES string of the molecule is NCCCNC(=O)c1ccc2[nH]nc(-c3ncc(-c4cccc(N5CCOCC5)c4)[nH]3)c2c1. The van der Waals surface area contributed by atoms with E-state index in [9.17, 15) is 4.79 Å². The number of imidazole rings is 1. The van der Waals surface area contributed by atoms with Gasteiger partial charge in [-0.2, -0.15) is 5.10 Å². The molecule has 1 aliphatic rings. The third-order valence-corrected chi connectivity index (χ3v) is 5.83. The minimum atomic E-state index is -0.127. The molecular weight excluding hydrogens is 418 g/mol. The summed E-state index contributed by atoms with van der Waals surface area (Å²) in [6.45, 7) is 4.37. The topological polar surface area (TPSA) is 125 Å². The molecule has 5 N–H and O–H groups in total. The van der Waals surface area contributed by atoms with Crippen molar-refractivity contribution in [2.45, 2.75) is 6.42 Å². The van der Waals surface area contributed by atoms with E-state index in [2.05, 4.69) is 54.6 Å². The number of rotatable bonds is 7. The molecule has 33 heavy (non-hydrogen) atoms. The highest BCUT2D eigenvalue weighted by Gasteiger charge is 2.16. The van der Waals surface area contributed by atoms with Crippen LogP contribution in [0.25, 0.3) is 33.7 Å². The molecule has 0 unspecified atom stereocenters. The monoisotopic (exact) mass is 445 g/mol. The van der Waals surface area contributed by atoms with E-state index in [-0.39, 0.29) is 5.91 Å². The van der Waals surface area contributed by atoms with E-state index >= 15 is 0 Å². The zero-order valence-corrected chi connectivity index (χ0v) is 18.3. The number of anilines is 1. The van der Waals surface area contributed by atoms with Crippen molar-refractivity contribution >= 4 is 22.5 Å². The number of aromatic nitrogens is 4. The number of ether oxygens (including phenoxy) is 1. The second-order valence-electron chi connectivity index (χ2n) is 8.03. The van der Waals surface area contributed by atoms with Crippen molar-refractivity contribution in [2.75, 3.05) is 44.3 Å². The number of nitrogens with zero attached hydrogens (tertiary/aromatic N) is 3. The summed E-state index contributed by atoms with van der Waals surface area (Å²) in [5.41, 5.74) is 10.7. The molecule has 170 valence electrons. The molecule has 4 aromatic rings. The number of fused-ring (bicyclic) bond motifs is 1. The molecule has 1 amide bonds. The lowest BCUT2D eigenvalue weighted by atomic mass is 10.1. The first-order chi connectivity index (χ1) is 16.2. The maximum absolute atomic E-state index is 12.5. The summed E-state index contributed by atoms with van der Waals surface area (Å²) in [6.07, 6.45) is 2.56. The Morgan fingerprint density at radius 2 is 2.06 bits per heavy atom. The van der Waals surface area contributed by atoms with Gasteiger partial charge in [0.25, 0.3) is 5.91 Å². The van der Waals surface area contributed by atoms with Gasteiger partial charge in [-0.1, -0.05) is 12.1 Å². The average Bonchev–Trinajstić information content (AvgIpc) is 3.51. The third kappa shape index (κ3) is 4.46. The van der Waals surface area contributed by atoms with Gasteiger partial charge in [-0.25, -0.2) is 4.98 Å². The maximum atomic E-state index is 12.5. The summed E-state index contributed by atoms with van der Waals surface area (Å²) in [7, 11) is 0. The van der Waals surface area contributed by atoms with Crippen molar-refractivity contribution in [1.82, 2.24) is 25.5 Å². The molecule has 3 heterocycles. The lowest BCUT2D eigenvalue weighted by Gasteiger charge is -2.29. The fourth-order valence-corrected chi connectivity index (χ4v) is 4.02. The Labute approximate surface area is 191 Å². The van der Waals surface area contributed by atoms with Crippen LogP contribution in [0.3, 0.4) is 0 Å². The third-order valence-electron chi connectivity index (χ3n) is 5.83. The lowest BCUT2D eigenvalue weighted by Crippen LogP contribution is -2.36. The van der Waals surface area contributed by atoms with Crippen molar-refractivity contribution in [1.29, 1.82) is 0 Å². The van der Waals surface area contributed by atoms with Gasteiger partial charge in [-0.05, 0) is 43.3 Å². The minimum Gasteiger partial charge on any atom is -0.378 e. The minimum absolute atomic E-state index is 0.127. The number of carbonyl (C=O) groups excluding carboxylic acids is 1. The molecule has 1 fully saturated rings. The molecule has 0 saturated carbocycles. The summed E-state index contributed by atoms with van der Waals surface area (Å²) < 4.78 is 5.47. The van der Waals surface area contributed by atoms with Crippen LogP contribution >= 0.6 is 0 Å². The van der Waals surface area contributed by atoms with E-state index in [1.165, 1.54) is 5.69 Å². The van der Waals surface area contributed by atoms with Crippen LogP contribution < -0.4 is 16.0 Å². The Balaban J connectivity index is 1.41. The molecule has 0 bridgehead atoms. The van der Waals surface area contributed by atoms with E-state index in [1.807, 2.05) is 18.3 Å². The van der Waals surface area contributed by atoms with E-state index < -0.39 is 0 Å². The predicted octanol–water partition coefficient (Wildman–Crippen LogP) is 2.54. The van der Waals surface area contributed by atoms with Gasteiger partial charge in [0.15, 0.2) is 5.82 Å². The van der Waals surface area contributed by atoms with Crippen molar-refractivity contribution in [2.24, 2.45) is 5.73 Å².